The van der Waals surface area contributed by atoms with E-state index < -0.39 is 17.5 Å². The molecule has 0 spiro atoms. The Bertz CT molecular complexity index is 630. The summed E-state index contributed by atoms with van der Waals surface area (Å²) in [4.78, 5) is 16.0. The first kappa shape index (κ1) is 13.5. The van der Waals surface area contributed by atoms with Gasteiger partial charge >= 0.3 is 6.18 Å². The van der Waals surface area contributed by atoms with E-state index in [-0.39, 0.29) is 11.1 Å². The lowest BCUT2D eigenvalue weighted by Gasteiger charge is -2.26. The van der Waals surface area contributed by atoms with Gasteiger partial charge in [0.1, 0.15) is 0 Å². The molecule has 1 atom stereocenters. The highest BCUT2D eigenvalue weighted by Crippen LogP contribution is 2.32. The maximum Gasteiger partial charge on any atom is 0.413 e. The molecule has 2 aromatic rings. The van der Waals surface area contributed by atoms with Crippen molar-refractivity contribution >= 4 is 16.7 Å². The van der Waals surface area contributed by atoms with Gasteiger partial charge in [-0.2, -0.15) is 13.2 Å². The van der Waals surface area contributed by atoms with E-state index in [1.165, 1.54) is 18.3 Å². The molecule has 2 rings (SSSR count). The molecule has 2 N–H and O–H groups in total. The minimum absolute atomic E-state index is 0.125. The molecular weight excluding hydrogens is 257 g/mol. The van der Waals surface area contributed by atoms with E-state index in [1.54, 1.807) is 18.2 Å². The summed E-state index contributed by atoms with van der Waals surface area (Å²) in [5, 5.41) is 0.589. The van der Waals surface area contributed by atoms with E-state index in [0.717, 1.165) is 0 Å². The Kier molecular flexibility index (Phi) is 3.06. The summed E-state index contributed by atoms with van der Waals surface area (Å²) in [5.74, 6) is -1.19. The van der Waals surface area contributed by atoms with Crippen molar-refractivity contribution in [2.75, 3.05) is 0 Å². The maximum absolute atomic E-state index is 12.8. The first-order valence-electron chi connectivity index (χ1n) is 5.49. The lowest BCUT2D eigenvalue weighted by molar-refractivity contribution is -0.165. The molecule has 0 aliphatic heterocycles. The van der Waals surface area contributed by atoms with E-state index in [2.05, 4.69) is 4.98 Å². The number of benzene rings is 1. The van der Waals surface area contributed by atoms with E-state index >= 15 is 0 Å². The van der Waals surface area contributed by atoms with Crippen molar-refractivity contribution in [2.24, 2.45) is 5.73 Å². The molecule has 0 aliphatic rings. The van der Waals surface area contributed by atoms with Crippen molar-refractivity contribution in [1.82, 2.24) is 4.98 Å². The van der Waals surface area contributed by atoms with Crippen LogP contribution in [0.3, 0.4) is 0 Å². The van der Waals surface area contributed by atoms with Crippen LogP contribution in [0.5, 0.6) is 0 Å². The lowest BCUT2D eigenvalue weighted by Crippen LogP contribution is -2.57. The molecule has 1 unspecified atom stereocenters. The summed E-state index contributed by atoms with van der Waals surface area (Å²) in [7, 11) is 0. The Hall–Kier alpha value is -1.95. The van der Waals surface area contributed by atoms with Gasteiger partial charge in [0.25, 0.3) is 0 Å². The molecule has 1 aromatic carbocycles. The minimum atomic E-state index is -4.82. The number of nitrogens with zero attached hydrogens (tertiary/aromatic N) is 1. The first-order valence-corrected chi connectivity index (χ1v) is 5.49. The number of ketones is 1. The molecular formula is C13H11F3N2O. The molecule has 0 saturated heterocycles. The number of alkyl halides is 3. The van der Waals surface area contributed by atoms with Crippen molar-refractivity contribution in [3.63, 3.8) is 0 Å². The zero-order chi connectivity index (χ0) is 14.3. The Labute approximate surface area is 107 Å². The van der Waals surface area contributed by atoms with Gasteiger partial charge in [-0.1, -0.05) is 18.2 Å². The van der Waals surface area contributed by atoms with Crippen LogP contribution in [0.4, 0.5) is 13.2 Å². The zero-order valence-corrected chi connectivity index (χ0v) is 10.0. The number of halogens is 3. The number of pyridine rings is 1. The molecule has 0 saturated carbocycles. The third kappa shape index (κ3) is 2.19. The Balaban J connectivity index is 2.60. The van der Waals surface area contributed by atoms with Crippen LogP contribution in [0.1, 0.15) is 17.3 Å². The zero-order valence-electron chi connectivity index (χ0n) is 10.0. The second kappa shape index (κ2) is 4.31. The normalized spacial score (nSPS) is 15.2. The number of para-hydroxylation sites is 1. The number of Topliss-reactive ketones (excluding diaryl/α,β-unsaturated/α-hetero) is 1. The average molecular weight is 268 g/mol. The van der Waals surface area contributed by atoms with Gasteiger partial charge in [-0.05, 0) is 19.1 Å². The highest BCUT2D eigenvalue weighted by molar-refractivity contribution is 6.11. The van der Waals surface area contributed by atoms with E-state index in [9.17, 15) is 18.0 Å². The molecule has 1 heterocycles. The van der Waals surface area contributed by atoms with Crippen LogP contribution >= 0.6 is 0 Å². The van der Waals surface area contributed by atoms with Gasteiger partial charge in [0.2, 0.25) is 0 Å². The minimum Gasteiger partial charge on any atom is -0.311 e. The SMILES string of the molecule is CC(N)(C(=O)c1cccc2cccnc12)C(F)(F)F. The monoisotopic (exact) mass is 268 g/mol. The van der Waals surface area contributed by atoms with Crippen molar-refractivity contribution in [1.29, 1.82) is 0 Å². The first-order chi connectivity index (χ1) is 8.75. The number of rotatable bonds is 2. The summed E-state index contributed by atoms with van der Waals surface area (Å²) in [5.41, 5.74) is 2.32. The average Bonchev–Trinajstić information content (AvgIpc) is 2.36. The number of nitrogens with two attached hydrogens (primary N) is 1. The molecule has 0 bridgehead atoms. The Morgan fingerprint density at radius 1 is 1.21 bits per heavy atom. The number of fused-ring (bicyclic) bond motifs is 1. The van der Waals surface area contributed by atoms with Gasteiger partial charge in [0.15, 0.2) is 11.3 Å². The number of carbonyl (C=O) groups excluding carboxylic acids is 1. The van der Waals surface area contributed by atoms with Gasteiger partial charge in [0, 0.05) is 17.1 Å². The van der Waals surface area contributed by atoms with E-state index in [0.29, 0.717) is 12.3 Å². The molecule has 19 heavy (non-hydrogen) atoms. The van der Waals surface area contributed by atoms with Crippen LogP contribution in [0.25, 0.3) is 10.9 Å². The van der Waals surface area contributed by atoms with Crippen LogP contribution in [0.2, 0.25) is 0 Å². The molecule has 0 radical (unpaired) electrons. The van der Waals surface area contributed by atoms with Crippen LogP contribution < -0.4 is 5.73 Å². The predicted octanol–water partition coefficient (Wildman–Crippen LogP) is 2.70. The Morgan fingerprint density at radius 2 is 1.84 bits per heavy atom. The maximum atomic E-state index is 12.8. The second-order valence-electron chi connectivity index (χ2n) is 4.41. The van der Waals surface area contributed by atoms with Crippen molar-refractivity contribution < 1.29 is 18.0 Å². The van der Waals surface area contributed by atoms with Gasteiger partial charge in [0.05, 0.1) is 5.52 Å². The molecule has 3 nitrogen and oxygen atoms in total. The highest BCUT2D eigenvalue weighted by Gasteiger charge is 2.54. The summed E-state index contributed by atoms with van der Waals surface area (Å²) >= 11 is 0. The number of hydrogen-bond acceptors (Lipinski definition) is 3. The summed E-state index contributed by atoms with van der Waals surface area (Å²) in [6.45, 7) is 0.664. The number of hydrogen-bond donors (Lipinski definition) is 1. The number of carbonyl (C=O) groups is 1. The standard InChI is InChI=1S/C13H11F3N2O/c1-12(17,13(14,15)16)11(19)9-6-2-4-8-5-3-7-18-10(8)9/h2-7H,17H2,1H3. The fourth-order valence-electron chi connectivity index (χ4n) is 1.70. The van der Waals surface area contributed by atoms with Gasteiger partial charge in [-0.25, -0.2) is 0 Å². The third-order valence-corrected chi connectivity index (χ3v) is 2.94. The molecule has 100 valence electrons. The fraction of sp³-hybridized carbons (Fsp3) is 0.231. The summed E-state index contributed by atoms with van der Waals surface area (Å²) in [6, 6.07) is 7.78. The van der Waals surface area contributed by atoms with Crippen LogP contribution in [0, 0.1) is 0 Å². The molecule has 0 fully saturated rings. The highest BCUT2D eigenvalue weighted by atomic mass is 19.4. The lowest BCUT2D eigenvalue weighted by atomic mass is 9.90. The predicted molar refractivity (Wildman–Crippen MR) is 64.7 cm³/mol. The second-order valence-corrected chi connectivity index (χ2v) is 4.41. The molecule has 6 heteroatoms. The van der Waals surface area contributed by atoms with Crippen molar-refractivity contribution in [3.05, 3.63) is 42.1 Å². The van der Waals surface area contributed by atoms with E-state index in [4.69, 9.17) is 5.73 Å². The fourth-order valence-corrected chi connectivity index (χ4v) is 1.70. The van der Waals surface area contributed by atoms with Gasteiger partial charge < -0.3 is 5.73 Å². The van der Waals surface area contributed by atoms with Gasteiger partial charge in [-0.3, -0.25) is 9.78 Å². The topological polar surface area (TPSA) is 56.0 Å². The third-order valence-electron chi connectivity index (χ3n) is 2.94. The van der Waals surface area contributed by atoms with Crippen molar-refractivity contribution in [3.8, 4) is 0 Å². The van der Waals surface area contributed by atoms with Crippen molar-refractivity contribution in [2.45, 2.75) is 18.6 Å². The molecule has 0 aliphatic carbocycles. The van der Waals surface area contributed by atoms with Crippen LogP contribution in [-0.2, 0) is 0 Å². The molecule has 1 aromatic heterocycles. The number of aromatic nitrogens is 1. The van der Waals surface area contributed by atoms with Crippen LogP contribution in [-0.4, -0.2) is 22.5 Å². The van der Waals surface area contributed by atoms with Crippen LogP contribution in [0.15, 0.2) is 36.5 Å². The summed E-state index contributed by atoms with van der Waals surface area (Å²) < 4.78 is 38.4. The largest absolute Gasteiger partial charge is 0.413 e. The smallest absolute Gasteiger partial charge is 0.311 e. The van der Waals surface area contributed by atoms with Gasteiger partial charge in [-0.15, -0.1) is 0 Å². The summed E-state index contributed by atoms with van der Waals surface area (Å²) in [6.07, 6.45) is -3.40. The molecule has 0 amide bonds. The quantitative estimate of drug-likeness (QED) is 0.852. The van der Waals surface area contributed by atoms with E-state index in [1.807, 2.05) is 0 Å². The Morgan fingerprint density at radius 3 is 2.47 bits per heavy atom.